The summed E-state index contributed by atoms with van der Waals surface area (Å²) < 4.78 is 59.1. The molecule has 0 radical (unpaired) electrons. The highest BCUT2D eigenvalue weighted by Gasteiger charge is 2.31. The van der Waals surface area contributed by atoms with Crippen LogP contribution >= 0.6 is 0 Å². The molecule has 0 unspecified atom stereocenters. The van der Waals surface area contributed by atoms with Gasteiger partial charge in [0.25, 0.3) is 0 Å². The van der Waals surface area contributed by atoms with Gasteiger partial charge in [-0.3, -0.25) is 4.68 Å². The average Bonchev–Trinajstić information content (AvgIpc) is 2.21. The fraction of sp³-hybridized carbons (Fsp3) is 0.571. The van der Waals surface area contributed by atoms with Crippen molar-refractivity contribution in [3.05, 3.63) is 11.4 Å². The third-order valence-corrected chi connectivity index (χ3v) is 3.09. The topological polar surface area (TPSA) is 78.0 Å². The number of primary sulfonamides is 1. The second-order valence-electron chi connectivity index (χ2n) is 3.32. The monoisotopic (exact) mass is 257 g/mol. The number of halogens is 3. The summed E-state index contributed by atoms with van der Waals surface area (Å²) in [5.74, 6) is 0. The Morgan fingerprint density at radius 2 is 1.88 bits per heavy atom. The molecule has 0 aliphatic carbocycles. The van der Waals surface area contributed by atoms with Gasteiger partial charge >= 0.3 is 6.18 Å². The molecule has 0 aromatic carbocycles. The molecule has 1 aromatic heterocycles. The second kappa shape index (κ2) is 3.74. The molecule has 16 heavy (non-hydrogen) atoms. The van der Waals surface area contributed by atoms with Crippen molar-refractivity contribution in [1.82, 2.24) is 9.78 Å². The Balaban J connectivity index is 3.28. The first-order valence-corrected chi connectivity index (χ1v) is 5.70. The maximum absolute atomic E-state index is 12.1. The SMILES string of the molecule is Cc1nn(CC(F)(F)F)c(C)c1S(N)(=O)=O. The van der Waals surface area contributed by atoms with Gasteiger partial charge in [-0.2, -0.15) is 18.3 Å². The Bertz CT molecular complexity index is 504. The molecule has 1 heterocycles. The van der Waals surface area contributed by atoms with Crippen molar-refractivity contribution in [2.75, 3.05) is 0 Å². The lowest BCUT2D eigenvalue weighted by Gasteiger charge is -2.08. The molecule has 0 aliphatic heterocycles. The molecule has 1 rings (SSSR count). The zero-order valence-corrected chi connectivity index (χ0v) is 9.35. The molecule has 2 N–H and O–H groups in total. The van der Waals surface area contributed by atoms with Crippen molar-refractivity contribution in [3.63, 3.8) is 0 Å². The van der Waals surface area contributed by atoms with Gasteiger partial charge in [-0.05, 0) is 13.8 Å². The molecular formula is C7H10F3N3O2S. The van der Waals surface area contributed by atoms with E-state index >= 15 is 0 Å². The standard InChI is InChI=1S/C7H10F3N3O2S/c1-4-6(16(11,14)15)5(2)13(12-4)3-7(8,9)10/h3H2,1-2H3,(H2,11,14,15). The van der Waals surface area contributed by atoms with Gasteiger partial charge in [0.05, 0.1) is 11.4 Å². The fourth-order valence-electron chi connectivity index (χ4n) is 1.42. The summed E-state index contributed by atoms with van der Waals surface area (Å²) in [4.78, 5) is -0.350. The van der Waals surface area contributed by atoms with Crippen LogP contribution in [0.25, 0.3) is 0 Å². The van der Waals surface area contributed by atoms with E-state index in [1.165, 1.54) is 13.8 Å². The average molecular weight is 257 g/mol. The van der Waals surface area contributed by atoms with Gasteiger partial charge in [0.1, 0.15) is 11.4 Å². The van der Waals surface area contributed by atoms with Crippen molar-refractivity contribution in [2.24, 2.45) is 5.14 Å². The number of aryl methyl sites for hydroxylation is 1. The van der Waals surface area contributed by atoms with Crippen molar-refractivity contribution in [3.8, 4) is 0 Å². The van der Waals surface area contributed by atoms with E-state index in [1.807, 2.05) is 0 Å². The fourth-order valence-corrected chi connectivity index (χ4v) is 2.39. The second-order valence-corrected chi connectivity index (χ2v) is 4.82. The maximum Gasteiger partial charge on any atom is 0.408 e. The van der Waals surface area contributed by atoms with Crippen LogP contribution in [-0.4, -0.2) is 24.4 Å². The van der Waals surface area contributed by atoms with E-state index in [4.69, 9.17) is 5.14 Å². The summed E-state index contributed by atoms with van der Waals surface area (Å²) in [5, 5.41) is 8.37. The number of alkyl halides is 3. The van der Waals surface area contributed by atoms with Crippen molar-refractivity contribution in [1.29, 1.82) is 0 Å². The lowest BCUT2D eigenvalue weighted by Crippen LogP contribution is -2.20. The van der Waals surface area contributed by atoms with Crippen LogP contribution in [0.5, 0.6) is 0 Å². The predicted octanol–water partition coefficient (Wildman–Crippen LogP) is 0.710. The Hall–Kier alpha value is -1.09. The highest BCUT2D eigenvalue weighted by Crippen LogP contribution is 2.22. The molecular weight excluding hydrogens is 247 g/mol. The minimum Gasteiger partial charge on any atom is -0.259 e. The molecule has 0 saturated heterocycles. The van der Waals surface area contributed by atoms with E-state index in [1.54, 1.807) is 0 Å². The van der Waals surface area contributed by atoms with Crippen molar-refractivity contribution >= 4 is 10.0 Å². The lowest BCUT2D eigenvalue weighted by molar-refractivity contribution is -0.143. The number of nitrogens with two attached hydrogens (primary N) is 1. The summed E-state index contributed by atoms with van der Waals surface area (Å²) in [7, 11) is -4.05. The van der Waals surface area contributed by atoms with Gasteiger partial charge in [0.2, 0.25) is 10.0 Å². The minimum atomic E-state index is -4.46. The molecule has 92 valence electrons. The summed E-state index contributed by atoms with van der Waals surface area (Å²) in [6.45, 7) is 1.18. The number of rotatable bonds is 2. The van der Waals surface area contributed by atoms with Gasteiger partial charge < -0.3 is 0 Å². The first-order chi connectivity index (χ1) is 7.02. The van der Waals surface area contributed by atoms with Crippen LogP contribution in [0.2, 0.25) is 0 Å². The van der Waals surface area contributed by atoms with Crippen LogP contribution in [-0.2, 0) is 16.6 Å². The molecule has 0 saturated carbocycles. The molecule has 0 aliphatic rings. The van der Waals surface area contributed by atoms with Crippen LogP contribution in [0.15, 0.2) is 4.90 Å². The predicted molar refractivity (Wildman–Crippen MR) is 49.1 cm³/mol. The van der Waals surface area contributed by atoms with Crippen molar-refractivity contribution in [2.45, 2.75) is 31.5 Å². The van der Waals surface area contributed by atoms with Crippen LogP contribution in [0, 0.1) is 13.8 Å². The zero-order chi connectivity index (χ0) is 12.7. The van der Waals surface area contributed by atoms with E-state index in [-0.39, 0.29) is 16.3 Å². The van der Waals surface area contributed by atoms with Crippen LogP contribution in [0.3, 0.4) is 0 Å². The minimum absolute atomic E-state index is 0.0377. The van der Waals surface area contributed by atoms with Gasteiger partial charge in [0, 0.05) is 0 Å². The lowest BCUT2D eigenvalue weighted by atomic mass is 10.4. The summed E-state index contributed by atoms with van der Waals surface area (Å²) in [6, 6.07) is 0. The Kier molecular flexibility index (Phi) is 3.03. The van der Waals surface area contributed by atoms with Gasteiger partial charge in [0.15, 0.2) is 0 Å². The number of nitrogens with zero attached hydrogens (tertiary/aromatic N) is 2. The normalized spacial score (nSPS) is 13.1. The Morgan fingerprint density at radius 3 is 2.19 bits per heavy atom. The molecule has 0 amide bonds. The molecule has 9 heteroatoms. The zero-order valence-electron chi connectivity index (χ0n) is 8.54. The van der Waals surface area contributed by atoms with Crippen LogP contribution in [0.1, 0.15) is 11.4 Å². The number of aromatic nitrogens is 2. The third-order valence-electron chi connectivity index (χ3n) is 1.93. The van der Waals surface area contributed by atoms with Gasteiger partial charge in [-0.25, -0.2) is 13.6 Å². The van der Waals surface area contributed by atoms with E-state index in [2.05, 4.69) is 5.10 Å². The summed E-state index contributed by atoms with van der Waals surface area (Å²) in [6.07, 6.45) is -4.46. The summed E-state index contributed by atoms with van der Waals surface area (Å²) >= 11 is 0. The smallest absolute Gasteiger partial charge is 0.259 e. The molecule has 0 bridgehead atoms. The largest absolute Gasteiger partial charge is 0.408 e. The van der Waals surface area contributed by atoms with E-state index in [0.29, 0.717) is 4.68 Å². The Labute approximate surface area is 90.1 Å². The molecule has 0 atom stereocenters. The van der Waals surface area contributed by atoms with E-state index < -0.39 is 22.7 Å². The first-order valence-electron chi connectivity index (χ1n) is 4.16. The highest BCUT2D eigenvalue weighted by molar-refractivity contribution is 7.89. The Morgan fingerprint density at radius 1 is 1.38 bits per heavy atom. The van der Waals surface area contributed by atoms with E-state index in [9.17, 15) is 21.6 Å². The van der Waals surface area contributed by atoms with Crippen LogP contribution < -0.4 is 5.14 Å². The van der Waals surface area contributed by atoms with E-state index in [0.717, 1.165) is 0 Å². The maximum atomic E-state index is 12.1. The third kappa shape index (κ3) is 2.73. The van der Waals surface area contributed by atoms with Gasteiger partial charge in [-0.1, -0.05) is 0 Å². The molecule has 5 nitrogen and oxygen atoms in total. The number of hydrogen-bond acceptors (Lipinski definition) is 3. The molecule has 1 aromatic rings. The van der Waals surface area contributed by atoms with Gasteiger partial charge in [-0.15, -0.1) is 0 Å². The summed E-state index contributed by atoms with van der Waals surface area (Å²) in [5.41, 5.74) is -0.151. The molecule has 0 fully saturated rings. The molecule has 0 spiro atoms. The quantitative estimate of drug-likeness (QED) is 0.847. The van der Waals surface area contributed by atoms with Crippen LogP contribution in [0.4, 0.5) is 13.2 Å². The first kappa shape index (κ1) is 13.0. The van der Waals surface area contributed by atoms with Crippen molar-refractivity contribution < 1.29 is 21.6 Å². The highest BCUT2D eigenvalue weighted by atomic mass is 32.2. The number of sulfonamides is 1. The number of hydrogen-bond donors (Lipinski definition) is 1.